The molecule has 5 aliphatic carbocycles. The average Bonchev–Trinajstić information content (AvgIpc) is 3.05. The van der Waals surface area contributed by atoms with Crippen LogP contribution in [-0.2, 0) is 9.59 Å². The number of fused-ring (bicyclic) bond motifs is 7. The minimum absolute atomic E-state index is 0.0250. The van der Waals surface area contributed by atoms with Crippen LogP contribution >= 0.6 is 0 Å². The van der Waals surface area contributed by atoms with Crippen molar-refractivity contribution in [3.05, 3.63) is 0 Å². The third kappa shape index (κ3) is 2.84. The molecular formula is C30H48O3. The van der Waals surface area contributed by atoms with E-state index in [9.17, 15) is 14.7 Å². The lowest BCUT2D eigenvalue weighted by atomic mass is 9.32. The molecular weight excluding hydrogens is 408 g/mol. The highest BCUT2D eigenvalue weighted by Gasteiger charge is 2.72. The monoisotopic (exact) mass is 456 g/mol. The Kier molecular flexibility index (Phi) is 4.90. The highest BCUT2D eigenvalue weighted by molar-refractivity contribution is 5.88. The molecule has 0 saturated heterocycles. The number of hydrogen-bond donors (Lipinski definition) is 1. The SMILES string of the molecule is CC(C)(O)C1CCC2(C)CCC3(C)C(CC(=O)C4C5(C)CCC(=O)C(C)(C)C5CCC43C)C12. The van der Waals surface area contributed by atoms with Crippen LogP contribution < -0.4 is 0 Å². The van der Waals surface area contributed by atoms with Crippen molar-refractivity contribution < 1.29 is 14.7 Å². The molecule has 0 radical (unpaired) electrons. The summed E-state index contributed by atoms with van der Waals surface area (Å²) in [6, 6.07) is 0. The Labute approximate surface area is 201 Å². The molecule has 0 spiro atoms. The minimum Gasteiger partial charge on any atom is -0.390 e. The molecule has 0 bridgehead atoms. The predicted molar refractivity (Wildman–Crippen MR) is 132 cm³/mol. The van der Waals surface area contributed by atoms with Crippen LogP contribution in [0.5, 0.6) is 0 Å². The zero-order chi connectivity index (χ0) is 24.4. The van der Waals surface area contributed by atoms with Gasteiger partial charge in [0.15, 0.2) is 0 Å². The van der Waals surface area contributed by atoms with Crippen molar-refractivity contribution in [2.75, 3.05) is 0 Å². The summed E-state index contributed by atoms with van der Waals surface area (Å²) in [5.74, 6) is 2.30. The quantitative estimate of drug-likeness (QED) is 0.483. The number of rotatable bonds is 1. The van der Waals surface area contributed by atoms with Crippen molar-refractivity contribution in [2.24, 2.45) is 56.7 Å². The molecule has 0 aliphatic heterocycles. The fourth-order valence-electron chi connectivity index (χ4n) is 11.3. The molecule has 0 aromatic carbocycles. The van der Waals surface area contributed by atoms with Crippen molar-refractivity contribution in [1.82, 2.24) is 0 Å². The molecule has 1 N–H and O–H groups in total. The molecule has 5 rings (SSSR count). The molecule has 3 heteroatoms. The van der Waals surface area contributed by atoms with E-state index >= 15 is 0 Å². The Bertz CT molecular complexity index is 881. The van der Waals surface area contributed by atoms with E-state index in [1.807, 2.05) is 13.8 Å². The fraction of sp³-hybridized carbons (Fsp3) is 0.933. The van der Waals surface area contributed by atoms with Gasteiger partial charge in [-0.2, -0.15) is 0 Å². The second-order valence-electron chi connectivity index (χ2n) is 15.3. The van der Waals surface area contributed by atoms with E-state index in [2.05, 4.69) is 41.5 Å². The van der Waals surface area contributed by atoms with Gasteiger partial charge in [-0.1, -0.05) is 41.5 Å². The van der Waals surface area contributed by atoms with Gasteiger partial charge in [-0.15, -0.1) is 0 Å². The lowest BCUT2D eigenvalue weighted by Crippen LogP contribution is -2.69. The summed E-state index contributed by atoms with van der Waals surface area (Å²) in [4.78, 5) is 27.2. The standard InChI is InChI=1S/C30H48O3/c1-25(2)21-10-14-30(8)24(28(21,6)13-11-22(25)32)20(31)17-19-23-18(26(3,4)33)9-12-27(23,5)15-16-29(19,30)7/h18-19,21,23-24,33H,9-17H2,1-8H3. The molecule has 5 fully saturated rings. The van der Waals surface area contributed by atoms with Crippen molar-refractivity contribution in [1.29, 1.82) is 0 Å². The van der Waals surface area contributed by atoms with E-state index in [0.29, 0.717) is 42.2 Å². The lowest BCUT2D eigenvalue weighted by molar-refractivity contribution is -0.229. The zero-order valence-corrected chi connectivity index (χ0v) is 22.5. The summed E-state index contributed by atoms with van der Waals surface area (Å²) in [7, 11) is 0. The smallest absolute Gasteiger partial charge is 0.138 e. The molecule has 0 amide bonds. The van der Waals surface area contributed by atoms with Gasteiger partial charge in [0.05, 0.1) is 5.60 Å². The van der Waals surface area contributed by atoms with Gasteiger partial charge in [0, 0.05) is 24.2 Å². The molecule has 3 nitrogen and oxygen atoms in total. The molecule has 0 aromatic rings. The van der Waals surface area contributed by atoms with Gasteiger partial charge in [0.2, 0.25) is 0 Å². The second-order valence-corrected chi connectivity index (χ2v) is 15.3. The normalized spacial score (nSPS) is 53.7. The first kappa shape index (κ1) is 24.0. The maximum Gasteiger partial charge on any atom is 0.138 e. The molecule has 5 aliphatic rings. The third-order valence-corrected chi connectivity index (χ3v) is 13.2. The summed E-state index contributed by atoms with van der Waals surface area (Å²) in [6.07, 6.45) is 9.00. The van der Waals surface area contributed by atoms with Gasteiger partial charge in [-0.3, -0.25) is 9.59 Å². The number of hydrogen-bond acceptors (Lipinski definition) is 3. The lowest BCUT2D eigenvalue weighted by Gasteiger charge is -2.71. The molecule has 9 unspecified atom stereocenters. The Morgan fingerprint density at radius 2 is 1.52 bits per heavy atom. The Balaban J connectivity index is 1.60. The van der Waals surface area contributed by atoms with Gasteiger partial charge in [-0.25, -0.2) is 0 Å². The number of Topliss-reactive ketones (excluding diaryl/α,β-unsaturated/α-hetero) is 2. The minimum atomic E-state index is -0.696. The average molecular weight is 457 g/mol. The first-order chi connectivity index (χ1) is 15.0. The van der Waals surface area contributed by atoms with E-state index in [-0.39, 0.29) is 38.9 Å². The van der Waals surface area contributed by atoms with E-state index in [4.69, 9.17) is 0 Å². The molecule has 0 heterocycles. The summed E-state index contributed by atoms with van der Waals surface area (Å²) in [5, 5.41) is 11.2. The van der Waals surface area contributed by atoms with Gasteiger partial charge < -0.3 is 5.11 Å². The highest BCUT2D eigenvalue weighted by Crippen LogP contribution is 2.76. The van der Waals surface area contributed by atoms with E-state index in [0.717, 1.165) is 25.7 Å². The van der Waals surface area contributed by atoms with Crippen LogP contribution in [0.15, 0.2) is 0 Å². The van der Waals surface area contributed by atoms with Crippen molar-refractivity contribution in [2.45, 2.75) is 119 Å². The van der Waals surface area contributed by atoms with Crippen LogP contribution in [0.2, 0.25) is 0 Å². The van der Waals surface area contributed by atoms with Crippen LogP contribution in [0.25, 0.3) is 0 Å². The zero-order valence-electron chi connectivity index (χ0n) is 22.5. The summed E-state index contributed by atoms with van der Waals surface area (Å²) in [5.41, 5.74) is -0.764. The van der Waals surface area contributed by atoms with Crippen LogP contribution in [-0.4, -0.2) is 22.3 Å². The largest absolute Gasteiger partial charge is 0.390 e. The molecule has 0 aromatic heterocycles. The van der Waals surface area contributed by atoms with Crippen LogP contribution in [0.4, 0.5) is 0 Å². The summed E-state index contributed by atoms with van der Waals surface area (Å²) < 4.78 is 0. The second kappa shape index (κ2) is 6.74. The first-order valence-electron chi connectivity index (χ1n) is 13.8. The topological polar surface area (TPSA) is 54.4 Å². The Morgan fingerprint density at radius 1 is 0.848 bits per heavy atom. The van der Waals surface area contributed by atoms with E-state index in [1.165, 1.54) is 19.3 Å². The van der Waals surface area contributed by atoms with Gasteiger partial charge in [0.25, 0.3) is 0 Å². The van der Waals surface area contributed by atoms with Gasteiger partial charge >= 0.3 is 0 Å². The maximum atomic E-state index is 14.3. The van der Waals surface area contributed by atoms with Gasteiger partial charge in [0.1, 0.15) is 11.6 Å². The third-order valence-electron chi connectivity index (χ3n) is 13.2. The highest BCUT2D eigenvalue weighted by atomic mass is 16.3. The summed E-state index contributed by atoms with van der Waals surface area (Å²) in [6.45, 7) is 18.1. The van der Waals surface area contributed by atoms with E-state index in [1.54, 1.807) is 0 Å². The number of aliphatic hydroxyl groups is 1. The number of carbonyl (C=O) groups is 2. The first-order valence-corrected chi connectivity index (χ1v) is 13.8. The maximum absolute atomic E-state index is 14.3. The van der Waals surface area contributed by atoms with Crippen LogP contribution in [0, 0.1) is 56.7 Å². The van der Waals surface area contributed by atoms with Crippen molar-refractivity contribution in [3.63, 3.8) is 0 Å². The van der Waals surface area contributed by atoms with Crippen molar-refractivity contribution in [3.8, 4) is 0 Å². The van der Waals surface area contributed by atoms with E-state index < -0.39 is 5.60 Å². The Morgan fingerprint density at radius 3 is 2.15 bits per heavy atom. The predicted octanol–water partition coefficient (Wildman–Crippen LogP) is 6.61. The van der Waals surface area contributed by atoms with Gasteiger partial charge in [-0.05, 0) is 104 Å². The summed E-state index contributed by atoms with van der Waals surface area (Å²) >= 11 is 0. The molecule has 186 valence electrons. The van der Waals surface area contributed by atoms with Crippen LogP contribution in [0.3, 0.4) is 0 Å². The molecule has 9 atom stereocenters. The fourth-order valence-corrected chi connectivity index (χ4v) is 11.3. The molecule has 5 saturated carbocycles. The molecule has 33 heavy (non-hydrogen) atoms. The number of carbonyl (C=O) groups excluding carboxylic acids is 2. The van der Waals surface area contributed by atoms with Crippen molar-refractivity contribution >= 4 is 11.6 Å². The Hall–Kier alpha value is -0.700. The van der Waals surface area contributed by atoms with Crippen LogP contribution in [0.1, 0.15) is 113 Å². The number of ketones is 2.